The smallest absolute Gasteiger partial charge is 0.245 e. The largest absolute Gasteiger partial charge is 0.343 e. The van der Waals surface area contributed by atoms with E-state index in [4.69, 9.17) is 0 Å². The summed E-state index contributed by atoms with van der Waals surface area (Å²) in [5.41, 5.74) is 0.812. The van der Waals surface area contributed by atoms with Gasteiger partial charge in [-0.1, -0.05) is 83.5 Å². The van der Waals surface area contributed by atoms with Gasteiger partial charge in [0, 0.05) is 17.9 Å². The second-order valence-electron chi connectivity index (χ2n) is 13.6. The summed E-state index contributed by atoms with van der Waals surface area (Å²) in [6.45, 7) is 15.3. The van der Waals surface area contributed by atoms with Crippen LogP contribution in [0.25, 0.3) is 0 Å². The molecule has 1 fully saturated rings. The first-order valence-electron chi connectivity index (χ1n) is 15.7. The highest BCUT2D eigenvalue weighted by Gasteiger charge is 2.38. The minimum absolute atomic E-state index is 0.0519. The van der Waals surface area contributed by atoms with Crippen LogP contribution in [-0.4, -0.2) is 71.7 Å². The molecule has 0 radical (unpaired) electrons. The van der Waals surface area contributed by atoms with Gasteiger partial charge in [-0.3, -0.25) is 24.0 Å². The molecule has 0 saturated carbocycles. The standard InChI is InChI=1S/C33H52BrN5O5/c1-18(2)14-24-29(40)35-25(17-22-10-12-23(34)13-11-22)30(41)37-26(15-19(3)4)33(44)39(9)27(16-20(5)6)31(42)38-28(21(7)8)32(43)36-24/h10-13,18-21,24-28H,14-17H2,1-9H3,(H,35,40)(H,36,43)(H,37,41)(H,38,42)/t24-,25-,26-,27-,28?/m0/s1. The molecular weight excluding hydrogens is 626 g/mol. The zero-order valence-electron chi connectivity index (χ0n) is 27.7. The monoisotopic (exact) mass is 677 g/mol. The molecule has 0 aliphatic carbocycles. The predicted molar refractivity (Wildman–Crippen MR) is 175 cm³/mol. The van der Waals surface area contributed by atoms with Crippen molar-refractivity contribution in [1.82, 2.24) is 26.2 Å². The van der Waals surface area contributed by atoms with E-state index in [0.717, 1.165) is 10.0 Å². The van der Waals surface area contributed by atoms with Gasteiger partial charge in [0.05, 0.1) is 0 Å². The number of benzene rings is 1. The van der Waals surface area contributed by atoms with Crippen LogP contribution in [0.1, 0.15) is 80.2 Å². The summed E-state index contributed by atoms with van der Waals surface area (Å²) in [5, 5.41) is 11.5. The van der Waals surface area contributed by atoms with Crippen molar-refractivity contribution in [2.75, 3.05) is 7.05 Å². The number of carbonyl (C=O) groups excluding carboxylic acids is 5. The minimum atomic E-state index is -1.01. The Kier molecular flexibility index (Phi) is 14.3. The zero-order chi connectivity index (χ0) is 33.3. The summed E-state index contributed by atoms with van der Waals surface area (Å²) in [6.07, 6.45) is 1.21. The Morgan fingerprint density at radius 1 is 0.636 bits per heavy atom. The maximum atomic E-state index is 14.0. The Morgan fingerprint density at radius 3 is 1.64 bits per heavy atom. The zero-order valence-corrected chi connectivity index (χ0v) is 29.3. The van der Waals surface area contributed by atoms with Gasteiger partial charge in [0.15, 0.2) is 0 Å². The molecule has 1 unspecified atom stereocenters. The van der Waals surface area contributed by atoms with E-state index < -0.39 is 59.7 Å². The topological polar surface area (TPSA) is 137 Å². The number of nitrogens with zero attached hydrogens (tertiary/aromatic N) is 1. The van der Waals surface area contributed by atoms with Crippen LogP contribution in [0, 0.1) is 23.7 Å². The molecule has 1 aromatic rings. The van der Waals surface area contributed by atoms with E-state index in [-0.39, 0.29) is 30.1 Å². The van der Waals surface area contributed by atoms with Gasteiger partial charge in [0.1, 0.15) is 30.2 Å². The van der Waals surface area contributed by atoms with Crippen LogP contribution in [0.3, 0.4) is 0 Å². The third kappa shape index (κ3) is 11.2. The summed E-state index contributed by atoms with van der Waals surface area (Å²) in [4.78, 5) is 70.4. The molecule has 44 heavy (non-hydrogen) atoms. The van der Waals surface area contributed by atoms with Crippen molar-refractivity contribution >= 4 is 45.5 Å². The minimum Gasteiger partial charge on any atom is -0.343 e. The molecule has 1 saturated heterocycles. The average Bonchev–Trinajstić information content (AvgIpc) is 2.92. The van der Waals surface area contributed by atoms with Crippen LogP contribution >= 0.6 is 15.9 Å². The van der Waals surface area contributed by atoms with E-state index in [1.165, 1.54) is 4.90 Å². The number of rotatable bonds is 9. The average molecular weight is 679 g/mol. The summed E-state index contributed by atoms with van der Waals surface area (Å²) in [5.74, 6) is -2.48. The predicted octanol–water partition coefficient (Wildman–Crippen LogP) is 3.57. The lowest BCUT2D eigenvalue weighted by Gasteiger charge is -2.34. The summed E-state index contributed by atoms with van der Waals surface area (Å²) in [7, 11) is 1.57. The third-order valence-electron chi connectivity index (χ3n) is 7.71. The fourth-order valence-electron chi connectivity index (χ4n) is 5.34. The van der Waals surface area contributed by atoms with Crippen molar-refractivity contribution in [2.45, 2.75) is 111 Å². The van der Waals surface area contributed by atoms with E-state index in [2.05, 4.69) is 37.2 Å². The van der Waals surface area contributed by atoms with Gasteiger partial charge >= 0.3 is 0 Å². The first-order valence-corrected chi connectivity index (χ1v) is 16.5. The quantitative estimate of drug-likeness (QED) is 0.317. The van der Waals surface area contributed by atoms with Crippen molar-refractivity contribution < 1.29 is 24.0 Å². The molecule has 0 aromatic heterocycles. The number of hydrogen-bond acceptors (Lipinski definition) is 5. The lowest BCUT2D eigenvalue weighted by atomic mass is 9.97. The normalized spacial score (nSPS) is 24.6. The van der Waals surface area contributed by atoms with Gasteiger partial charge in [-0.2, -0.15) is 0 Å². The van der Waals surface area contributed by atoms with E-state index in [1.807, 2.05) is 79.7 Å². The maximum absolute atomic E-state index is 14.0. The van der Waals surface area contributed by atoms with Crippen LogP contribution in [0.15, 0.2) is 28.7 Å². The molecule has 1 aromatic carbocycles. The SMILES string of the molecule is CC(C)C[C@@H]1NC(=O)C(C(C)C)NC(=O)[C@H](CC(C)C)N(C)C(=O)[C@H](CC(C)C)NC(=O)[C@H](Cc2ccc(Br)cc2)NC1=O. The number of hydrogen-bond donors (Lipinski definition) is 4. The molecule has 4 N–H and O–H groups in total. The first-order chi connectivity index (χ1) is 20.5. The number of amides is 5. The number of carbonyl (C=O) groups is 5. The molecule has 11 heteroatoms. The summed E-state index contributed by atoms with van der Waals surface area (Å²) < 4.78 is 0.876. The fourth-order valence-corrected chi connectivity index (χ4v) is 5.60. The lowest BCUT2D eigenvalue weighted by molar-refractivity contribution is -0.143. The Bertz CT molecular complexity index is 1150. The lowest BCUT2D eigenvalue weighted by Crippen LogP contribution is -2.59. The van der Waals surface area contributed by atoms with Crippen LogP contribution in [0.4, 0.5) is 0 Å². The molecule has 1 heterocycles. The molecule has 5 atom stereocenters. The Labute approximate surface area is 271 Å². The molecule has 0 spiro atoms. The van der Waals surface area contributed by atoms with Gasteiger partial charge in [-0.05, 0) is 60.6 Å². The molecule has 2 rings (SSSR count). The van der Waals surface area contributed by atoms with Crippen LogP contribution in [-0.2, 0) is 30.4 Å². The van der Waals surface area contributed by atoms with Crippen LogP contribution in [0.2, 0.25) is 0 Å². The van der Waals surface area contributed by atoms with Crippen molar-refractivity contribution in [3.8, 4) is 0 Å². The highest BCUT2D eigenvalue weighted by molar-refractivity contribution is 9.10. The first kappa shape index (κ1) is 37.2. The molecule has 10 nitrogen and oxygen atoms in total. The highest BCUT2D eigenvalue weighted by atomic mass is 79.9. The maximum Gasteiger partial charge on any atom is 0.245 e. The molecular formula is C33H52BrN5O5. The molecule has 1 aliphatic rings. The molecule has 1 aliphatic heterocycles. The van der Waals surface area contributed by atoms with Crippen LogP contribution in [0.5, 0.6) is 0 Å². The van der Waals surface area contributed by atoms with Gasteiger partial charge in [-0.15, -0.1) is 0 Å². The second-order valence-corrected chi connectivity index (χ2v) is 14.5. The summed E-state index contributed by atoms with van der Waals surface area (Å²) in [6, 6.07) is 2.76. The highest BCUT2D eigenvalue weighted by Crippen LogP contribution is 2.18. The number of halogens is 1. The van der Waals surface area contributed by atoms with Gasteiger partial charge in [-0.25, -0.2) is 0 Å². The van der Waals surface area contributed by atoms with Gasteiger partial charge < -0.3 is 26.2 Å². The molecule has 5 amide bonds. The van der Waals surface area contributed by atoms with Crippen LogP contribution < -0.4 is 21.3 Å². The number of likely N-dealkylation sites (N-methyl/N-ethyl adjacent to an activating group) is 1. The fraction of sp³-hybridized carbons (Fsp3) is 0.667. The Hall–Kier alpha value is -2.95. The Morgan fingerprint density at radius 2 is 1.11 bits per heavy atom. The van der Waals surface area contributed by atoms with E-state index >= 15 is 0 Å². The Balaban J connectivity index is 2.66. The van der Waals surface area contributed by atoms with Crippen molar-refractivity contribution in [2.24, 2.45) is 23.7 Å². The third-order valence-corrected chi connectivity index (χ3v) is 8.24. The van der Waals surface area contributed by atoms with Gasteiger partial charge in [0.25, 0.3) is 0 Å². The van der Waals surface area contributed by atoms with Crippen molar-refractivity contribution in [3.05, 3.63) is 34.3 Å². The summed E-state index contributed by atoms with van der Waals surface area (Å²) >= 11 is 3.43. The molecule has 0 bridgehead atoms. The molecule has 246 valence electrons. The van der Waals surface area contributed by atoms with E-state index in [0.29, 0.717) is 19.3 Å². The van der Waals surface area contributed by atoms with Crippen molar-refractivity contribution in [1.29, 1.82) is 0 Å². The second kappa shape index (κ2) is 16.9. The number of nitrogens with one attached hydrogen (secondary N) is 4. The van der Waals surface area contributed by atoms with E-state index in [9.17, 15) is 24.0 Å². The van der Waals surface area contributed by atoms with E-state index in [1.54, 1.807) is 7.05 Å². The van der Waals surface area contributed by atoms with Gasteiger partial charge in [0.2, 0.25) is 29.5 Å². The van der Waals surface area contributed by atoms with Crippen molar-refractivity contribution in [3.63, 3.8) is 0 Å².